The van der Waals surface area contributed by atoms with Gasteiger partial charge in [0.15, 0.2) is 23.7 Å². The van der Waals surface area contributed by atoms with Crippen molar-refractivity contribution in [1.29, 1.82) is 0 Å². The predicted molar refractivity (Wildman–Crippen MR) is 102 cm³/mol. The van der Waals surface area contributed by atoms with Gasteiger partial charge in [0.05, 0.1) is 5.03 Å². The average Bonchev–Trinajstić information content (AvgIpc) is 2.64. The summed E-state index contributed by atoms with van der Waals surface area (Å²) < 4.78 is 27.1. The Morgan fingerprint density at radius 3 is 2.03 bits per heavy atom. The second kappa shape index (κ2) is 10.9. The van der Waals surface area contributed by atoms with Crippen molar-refractivity contribution < 1.29 is 42.9 Å². The lowest BCUT2D eigenvalue weighted by Gasteiger charge is -2.44. The molecule has 2 rings (SSSR count). The Hall–Kier alpha value is -2.66. The van der Waals surface area contributed by atoms with Gasteiger partial charge in [0.1, 0.15) is 12.7 Å². The number of hydrogen-bond acceptors (Lipinski definition) is 11. The summed E-state index contributed by atoms with van der Waals surface area (Å²) in [4.78, 5) is 50.7. The Kier molecular flexibility index (Phi) is 8.60. The smallest absolute Gasteiger partial charge is 0.303 e. The maximum Gasteiger partial charge on any atom is 0.303 e. The zero-order valence-electron chi connectivity index (χ0n) is 16.9. The molecule has 0 bridgehead atoms. The summed E-state index contributed by atoms with van der Waals surface area (Å²) >= 11 is 1.12. The lowest BCUT2D eigenvalue weighted by molar-refractivity contribution is -0.237. The van der Waals surface area contributed by atoms with E-state index >= 15 is 0 Å². The summed E-state index contributed by atoms with van der Waals surface area (Å²) in [6.07, 6.45) is -2.87. The van der Waals surface area contributed by atoms with Gasteiger partial charge in [-0.05, 0) is 12.1 Å². The fourth-order valence-electron chi connectivity index (χ4n) is 2.82. The number of carbonyl (C=O) groups is 4. The van der Waals surface area contributed by atoms with Crippen LogP contribution in [0.25, 0.3) is 0 Å². The van der Waals surface area contributed by atoms with Crippen molar-refractivity contribution in [1.82, 2.24) is 4.98 Å². The monoisotopic (exact) mass is 441 g/mol. The molecule has 1 aromatic heterocycles. The topological polar surface area (TPSA) is 127 Å². The summed E-state index contributed by atoms with van der Waals surface area (Å²) in [7, 11) is 0. The minimum atomic E-state index is -1.19. The average molecular weight is 441 g/mol. The van der Waals surface area contributed by atoms with Gasteiger partial charge in [0.2, 0.25) is 0 Å². The van der Waals surface area contributed by atoms with Gasteiger partial charge in [0, 0.05) is 33.9 Å². The van der Waals surface area contributed by atoms with Crippen LogP contribution in [0.4, 0.5) is 0 Å². The van der Waals surface area contributed by atoms with E-state index in [1.807, 2.05) is 0 Å². The van der Waals surface area contributed by atoms with Crippen molar-refractivity contribution in [2.24, 2.45) is 0 Å². The number of aromatic nitrogens is 1. The van der Waals surface area contributed by atoms with Crippen LogP contribution in [0.3, 0.4) is 0 Å². The molecule has 0 saturated carbocycles. The summed E-state index contributed by atoms with van der Waals surface area (Å²) in [5.41, 5.74) is -0.888. The molecule has 1 aliphatic heterocycles. The van der Waals surface area contributed by atoms with Crippen molar-refractivity contribution in [2.75, 3.05) is 6.61 Å². The molecule has 1 fully saturated rings. The molecule has 0 unspecified atom stereocenters. The summed E-state index contributed by atoms with van der Waals surface area (Å²) in [5, 5.41) is 0.554. The van der Waals surface area contributed by atoms with E-state index in [0.717, 1.165) is 11.8 Å². The number of hydrogen-bond donors (Lipinski definition) is 0. The van der Waals surface area contributed by atoms with E-state index in [1.165, 1.54) is 27.7 Å². The molecule has 1 saturated heterocycles. The van der Waals surface area contributed by atoms with Crippen LogP contribution in [0.5, 0.6) is 0 Å². The molecular weight excluding hydrogens is 418 g/mol. The number of ether oxygens (including phenoxy) is 5. The number of thioether (sulfide) groups is 1. The first kappa shape index (κ1) is 23.6. The van der Waals surface area contributed by atoms with E-state index in [-0.39, 0.29) is 6.61 Å². The van der Waals surface area contributed by atoms with E-state index in [4.69, 9.17) is 23.7 Å². The van der Waals surface area contributed by atoms with E-state index in [9.17, 15) is 19.2 Å². The Balaban J connectivity index is 2.42. The molecule has 11 heteroatoms. The number of rotatable bonds is 7. The molecule has 10 nitrogen and oxygen atoms in total. The normalized spacial score (nSPS) is 25.7. The highest BCUT2D eigenvalue weighted by atomic mass is 32.2. The van der Waals surface area contributed by atoms with Gasteiger partial charge in [-0.25, -0.2) is 4.98 Å². The number of pyridine rings is 1. The minimum Gasteiger partial charge on any atom is -0.463 e. The Morgan fingerprint density at radius 1 is 0.900 bits per heavy atom. The zero-order valence-corrected chi connectivity index (χ0v) is 17.7. The molecule has 30 heavy (non-hydrogen) atoms. The van der Waals surface area contributed by atoms with Crippen LogP contribution in [-0.4, -0.2) is 65.3 Å². The number of esters is 4. The Labute approximate surface area is 177 Å². The maximum atomic E-state index is 11.8. The Bertz CT molecular complexity index is 773. The largest absolute Gasteiger partial charge is 0.463 e. The fraction of sp³-hybridized carbons (Fsp3) is 0.526. The molecule has 2 heterocycles. The zero-order chi connectivity index (χ0) is 22.3. The molecule has 5 atom stereocenters. The highest BCUT2D eigenvalue weighted by Gasteiger charge is 2.52. The van der Waals surface area contributed by atoms with Gasteiger partial charge in [0.25, 0.3) is 0 Å². The third-order valence-corrected chi connectivity index (χ3v) is 4.92. The van der Waals surface area contributed by atoms with E-state index in [2.05, 4.69) is 4.98 Å². The molecule has 164 valence electrons. The van der Waals surface area contributed by atoms with Crippen LogP contribution in [0.1, 0.15) is 27.7 Å². The molecule has 0 spiro atoms. The van der Waals surface area contributed by atoms with Crippen LogP contribution >= 0.6 is 11.8 Å². The highest BCUT2D eigenvalue weighted by Crippen LogP contribution is 2.36. The molecular formula is C19H23NO9S. The van der Waals surface area contributed by atoms with Crippen molar-refractivity contribution in [3.05, 3.63) is 24.4 Å². The number of nitrogens with zero attached hydrogens (tertiary/aromatic N) is 1. The van der Waals surface area contributed by atoms with E-state index in [0.29, 0.717) is 5.03 Å². The highest BCUT2D eigenvalue weighted by molar-refractivity contribution is 7.99. The summed E-state index contributed by atoms with van der Waals surface area (Å²) in [6, 6.07) is 5.22. The van der Waals surface area contributed by atoms with Crippen molar-refractivity contribution in [3.63, 3.8) is 0 Å². The first-order valence-electron chi connectivity index (χ1n) is 9.05. The second-order valence-corrected chi connectivity index (χ2v) is 7.47. The van der Waals surface area contributed by atoms with Gasteiger partial charge in [-0.2, -0.15) is 0 Å². The lowest BCUT2D eigenvalue weighted by Crippen LogP contribution is -2.61. The van der Waals surface area contributed by atoms with Crippen molar-refractivity contribution in [3.8, 4) is 0 Å². The van der Waals surface area contributed by atoms with Crippen molar-refractivity contribution >= 4 is 35.6 Å². The SMILES string of the molecule is CC(=O)OC[C@H]1O[C@@H](Sc2ccccn2)[C@H](OC(C)=O)[C@@H](OC(C)=O)[C@@H]1OC(C)=O. The number of carbonyl (C=O) groups excluding carboxylic acids is 4. The van der Waals surface area contributed by atoms with E-state index in [1.54, 1.807) is 24.4 Å². The minimum absolute atomic E-state index is 0.267. The quantitative estimate of drug-likeness (QED) is 0.448. The molecule has 1 aliphatic rings. The maximum absolute atomic E-state index is 11.8. The molecule has 0 radical (unpaired) electrons. The van der Waals surface area contributed by atoms with Crippen LogP contribution < -0.4 is 0 Å². The van der Waals surface area contributed by atoms with Gasteiger partial charge < -0.3 is 23.7 Å². The predicted octanol–water partition coefficient (Wildman–Crippen LogP) is 1.26. The van der Waals surface area contributed by atoms with E-state index < -0.39 is 53.7 Å². The van der Waals surface area contributed by atoms with Crippen LogP contribution in [0.15, 0.2) is 29.4 Å². The first-order valence-corrected chi connectivity index (χ1v) is 9.93. The first-order chi connectivity index (χ1) is 14.2. The fourth-order valence-corrected chi connectivity index (χ4v) is 3.88. The molecule has 1 aromatic rings. The summed E-state index contributed by atoms with van der Waals surface area (Å²) in [5.74, 6) is -2.57. The van der Waals surface area contributed by atoms with Gasteiger partial charge in [-0.1, -0.05) is 17.8 Å². The Morgan fingerprint density at radius 2 is 1.50 bits per heavy atom. The van der Waals surface area contributed by atoms with Gasteiger partial charge >= 0.3 is 23.9 Å². The third-order valence-electron chi connectivity index (χ3n) is 3.82. The summed E-state index contributed by atoms with van der Waals surface area (Å²) in [6.45, 7) is 4.49. The second-order valence-electron chi connectivity index (χ2n) is 6.35. The lowest BCUT2D eigenvalue weighted by atomic mass is 9.99. The van der Waals surface area contributed by atoms with Gasteiger partial charge in [-0.15, -0.1) is 0 Å². The van der Waals surface area contributed by atoms with Crippen LogP contribution in [0.2, 0.25) is 0 Å². The van der Waals surface area contributed by atoms with Crippen LogP contribution in [-0.2, 0) is 42.9 Å². The van der Waals surface area contributed by atoms with Crippen LogP contribution in [0, 0.1) is 0 Å². The molecule has 0 aliphatic carbocycles. The molecule has 0 amide bonds. The molecule has 0 aromatic carbocycles. The standard InChI is InChI=1S/C19H23NO9S/c1-10(21)25-9-14-16(26-11(2)22)17(27-12(3)23)18(28-13(4)24)19(29-14)30-15-7-5-6-8-20-15/h5-8,14,16-19H,9H2,1-4H3/t14-,16-,17+,18-,19+/m1/s1. The van der Waals surface area contributed by atoms with Gasteiger partial charge in [-0.3, -0.25) is 19.2 Å². The third kappa shape index (κ3) is 6.99. The van der Waals surface area contributed by atoms with Crippen molar-refractivity contribution in [2.45, 2.75) is 62.6 Å². The molecule has 0 N–H and O–H groups in total.